The van der Waals surface area contributed by atoms with Crippen molar-refractivity contribution in [3.05, 3.63) is 233 Å². The Morgan fingerprint density at radius 3 is 1.85 bits per heavy atom. The van der Waals surface area contributed by atoms with E-state index in [4.69, 9.17) is 9.97 Å². The van der Waals surface area contributed by atoms with Crippen molar-refractivity contribution in [3.63, 3.8) is 0 Å². The predicted molar refractivity (Wildman–Crippen MR) is 227 cm³/mol. The molecule has 2 nitrogen and oxygen atoms in total. The Hall–Kier alpha value is -6.64. The van der Waals surface area contributed by atoms with Crippen LogP contribution in [0.2, 0.25) is 0 Å². The first-order valence-electron chi connectivity index (χ1n) is 19.4. The molecule has 7 aromatic rings. The van der Waals surface area contributed by atoms with Crippen molar-refractivity contribution in [2.45, 2.75) is 30.6 Å². The summed E-state index contributed by atoms with van der Waals surface area (Å²) in [5.41, 5.74) is 18.8. The van der Waals surface area contributed by atoms with Gasteiger partial charge in [0.1, 0.15) is 0 Å². The number of fused-ring (bicyclic) bond motifs is 14. The molecule has 0 radical (unpaired) electrons. The van der Waals surface area contributed by atoms with E-state index in [2.05, 4.69) is 183 Å². The highest BCUT2D eigenvalue weighted by Crippen LogP contribution is 2.69. The molecule has 0 bridgehead atoms. The van der Waals surface area contributed by atoms with E-state index < -0.39 is 10.8 Å². The van der Waals surface area contributed by atoms with Crippen LogP contribution in [0.4, 0.5) is 0 Å². The third kappa shape index (κ3) is 4.14. The fourth-order valence-corrected chi connectivity index (χ4v) is 10.5. The van der Waals surface area contributed by atoms with Crippen LogP contribution in [0.15, 0.2) is 199 Å². The third-order valence-electron chi connectivity index (χ3n) is 12.6. The molecule has 1 aromatic heterocycles. The van der Waals surface area contributed by atoms with Crippen LogP contribution < -0.4 is 0 Å². The molecule has 4 aliphatic rings. The molecule has 2 heteroatoms. The molecule has 0 aliphatic heterocycles. The molecule has 0 N–H and O–H groups in total. The Morgan fingerprint density at radius 2 is 1.15 bits per heavy atom. The summed E-state index contributed by atoms with van der Waals surface area (Å²) in [6.45, 7) is 6.41. The van der Waals surface area contributed by atoms with Crippen LogP contribution >= 0.6 is 0 Å². The van der Waals surface area contributed by atoms with Gasteiger partial charge in [-0.2, -0.15) is 0 Å². The summed E-state index contributed by atoms with van der Waals surface area (Å²) in [5.74, 6) is 0.730. The highest BCUT2D eigenvalue weighted by molar-refractivity contribution is 5.97. The molecule has 0 saturated carbocycles. The summed E-state index contributed by atoms with van der Waals surface area (Å²) in [6.07, 6.45) is 13.5. The van der Waals surface area contributed by atoms with E-state index in [0.717, 1.165) is 46.4 Å². The summed E-state index contributed by atoms with van der Waals surface area (Å²) in [6, 6.07) is 53.3. The van der Waals surface area contributed by atoms with Crippen molar-refractivity contribution in [1.82, 2.24) is 9.97 Å². The van der Waals surface area contributed by atoms with Crippen molar-refractivity contribution in [1.29, 1.82) is 0 Å². The van der Waals surface area contributed by atoms with E-state index in [-0.39, 0.29) is 0 Å². The van der Waals surface area contributed by atoms with Gasteiger partial charge in [0.2, 0.25) is 0 Å². The van der Waals surface area contributed by atoms with E-state index in [1.807, 2.05) is 6.08 Å². The quantitative estimate of drug-likeness (QED) is 0.171. The molecule has 4 aliphatic carbocycles. The normalized spacial score (nSPS) is 18.5. The van der Waals surface area contributed by atoms with Gasteiger partial charge >= 0.3 is 0 Å². The fraction of sp³-hybridized carbons (Fsp3) is 0.0943. The maximum atomic E-state index is 5.40. The molecule has 0 fully saturated rings. The molecule has 0 saturated heterocycles. The highest BCUT2D eigenvalue weighted by Gasteiger charge is 2.61. The maximum Gasteiger partial charge on any atom is 0.160 e. The number of allylic oxidation sites excluding steroid dienone is 9. The Bertz CT molecular complexity index is 2860. The Kier molecular flexibility index (Phi) is 6.91. The molecule has 1 unspecified atom stereocenters. The summed E-state index contributed by atoms with van der Waals surface area (Å²) in [4.78, 5) is 10.7. The Balaban J connectivity index is 1.30. The van der Waals surface area contributed by atoms with Gasteiger partial charge < -0.3 is 0 Å². The van der Waals surface area contributed by atoms with Gasteiger partial charge in [-0.05, 0) is 98.7 Å². The van der Waals surface area contributed by atoms with E-state index in [0.29, 0.717) is 0 Å². The van der Waals surface area contributed by atoms with Gasteiger partial charge in [-0.25, -0.2) is 9.97 Å². The predicted octanol–water partition coefficient (Wildman–Crippen LogP) is 12.8. The minimum Gasteiger partial charge on any atom is -0.228 e. The van der Waals surface area contributed by atoms with Crippen LogP contribution in [0, 0.1) is 0 Å². The largest absolute Gasteiger partial charge is 0.228 e. The van der Waals surface area contributed by atoms with Gasteiger partial charge in [0.05, 0.1) is 22.0 Å². The number of aromatic nitrogens is 2. The number of hydrogen-bond acceptors (Lipinski definition) is 2. The molecule has 0 amide bonds. The van der Waals surface area contributed by atoms with Crippen molar-refractivity contribution < 1.29 is 0 Å². The lowest BCUT2D eigenvalue weighted by Gasteiger charge is -2.52. The van der Waals surface area contributed by atoms with Crippen LogP contribution in [0.1, 0.15) is 53.1 Å². The minimum atomic E-state index is -0.534. The number of nitrogens with zero attached hydrogens (tertiary/aromatic N) is 2. The van der Waals surface area contributed by atoms with Crippen molar-refractivity contribution in [3.8, 4) is 33.8 Å². The zero-order valence-corrected chi connectivity index (χ0v) is 30.8. The van der Waals surface area contributed by atoms with E-state index in [1.165, 1.54) is 66.8 Å². The molecule has 2 spiro atoms. The van der Waals surface area contributed by atoms with Gasteiger partial charge in [-0.15, -0.1) is 0 Å². The summed E-state index contributed by atoms with van der Waals surface area (Å²) < 4.78 is 0. The average molecular weight is 703 g/mol. The summed E-state index contributed by atoms with van der Waals surface area (Å²) >= 11 is 0. The average Bonchev–Trinajstić information content (AvgIpc) is 3.68. The second-order valence-electron chi connectivity index (χ2n) is 15.1. The van der Waals surface area contributed by atoms with Crippen LogP contribution in [-0.2, 0) is 10.8 Å². The van der Waals surface area contributed by atoms with Crippen molar-refractivity contribution in [2.24, 2.45) is 0 Å². The lowest BCUT2D eigenvalue weighted by molar-refractivity contribution is 0.601. The van der Waals surface area contributed by atoms with Gasteiger partial charge in [0.25, 0.3) is 0 Å². The van der Waals surface area contributed by atoms with E-state index in [9.17, 15) is 0 Å². The number of benzene rings is 6. The van der Waals surface area contributed by atoms with Crippen LogP contribution in [0.5, 0.6) is 0 Å². The van der Waals surface area contributed by atoms with Crippen LogP contribution in [0.3, 0.4) is 0 Å². The van der Waals surface area contributed by atoms with Crippen LogP contribution in [0.25, 0.3) is 50.2 Å². The topological polar surface area (TPSA) is 25.8 Å². The molecule has 55 heavy (non-hydrogen) atoms. The second kappa shape index (κ2) is 11.9. The Morgan fingerprint density at radius 1 is 0.545 bits per heavy atom. The van der Waals surface area contributed by atoms with E-state index >= 15 is 0 Å². The molecule has 1 atom stereocenters. The number of rotatable bonds is 4. The van der Waals surface area contributed by atoms with Gasteiger partial charge in [-0.3, -0.25) is 0 Å². The molecule has 6 aromatic carbocycles. The number of para-hydroxylation sites is 1. The molecular weight excluding hydrogens is 665 g/mol. The lowest BCUT2D eigenvalue weighted by atomic mass is 9.49. The van der Waals surface area contributed by atoms with E-state index in [1.54, 1.807) is 0 Å². The third-order valence-corrected chi connectivity index (χ3v) is 12.6. The summed E-state index contributed by atoms with van der Waals surface area (Å²) in [5, 5.41) is 1.05. The van der Waals surface area contributed by atoms with Gasteiger partial charge in [0.15, 0.2) is 5.82 Å². The smallest absolute Gasteiger partial charge is 0.160 e. The van der Waals surface area contributed by atoms with Gasteiger partial charge in [-0.1, -0.05) is 170 Å². The minimum absolute atomic E-state index is 0.516. The monoisotopic (exact) mass is 702 g/mol. The van der Waals surface area contributed by atoms with Crippen LogP contribution in [-0.4, -0.2) is 9.97 Å². The molecule has 11 rings (SSSR count). The lowest BCUT2D eigenvalue weighted by Crippen LogP contribution is -2.46. The maximum absolute atomic E-state index is 5.40. The first-order valence-corrected chi connectivity index (χ1v) is 19.4. The highest BCUT2D eigenvalue weighted by atomic mass is 14.9. The fourth-order valence-electron chi connectivity index (χ4n) is 10.5. The molecule has 260 valence electrons. The second-order valence-corrected chi connectivity index (χ2v) is 15.1. The first-order chi connectivity index (χ1) is 27.2. The number of hydrogen-bond donors (Lipinski definition) is 0. The summed E-state index contributed by atoms with van der Waals surface area (Å²) in [7, 11) is 0. The van der Waals surface area contributed by atoms with Crippen molar-refractivity contribution >= 4 is 16.5 Å². The standard InChI is InChI=1S/C53H38N2/c1-3-4-24-41-34(2)37-20-8-12-25-42(37)52(41)45-28-15-16-29-46(45)53(43-26-13-9-21-38(43)39-22-10-14-27-44(39)53)48-33-36(31-32-47(48)52)51-54-49-30-17-11-23-40(49)50(55-51)35-18-6-5-7-19-35/h3-14,17-33H,1,15-16H2,2H3/b24-4-. The first kappa shape index (κ1) is 31.8. The van der Waals surface area contributed by atoms with Crippen molar-refractivity contribution in [2.75, 3.05) is 0 Å². The SMILES string of the molecule is C=C/C=C\C1=C(C)c2ccccc2C12C1=CCCC=C1C1(c3ccccc3-c3ccccc31)c1cc(-c3nc(-c4ccccc4)c4ccccc4n3)ccc12. The zero-order chi connectivity index (χ0) is 36.7. The zero-order valence-electron chi connectivity index (χ0n) is 30.8. The Labute approximate surface area is 322 Å². The molecule has 1 heterocycles. The van der Waals surface area contributed by atoms with Gasteiger partial charge in [0, 0.05) is 16.5 Å². The molecular formula is C53H38N2.